The summed E-state index contributed by atoms with van der Waals surface area (Å²) >= 11 is 8.01. The number of anilines is 1. The van der Waals surface area contributed by atoms with Gasteiger partial charge < -0.3 is 15.0 Å². The number of nitrogens with one attached hydrogen (secondary N) is 1. The van der Waals surface area contributed by atoms with E-state index in [1.54, 1.807) is 24.9 Å². The average Bonchev–Trinajstić information content (AvgIpc) is 2.75. The first kappa shape index (κ1) is 22.5. The van der Waals surface area contributed by atoms with Crippen molar-refractivity contribution in [1.29, 1.82) is 0 Å². The van der Waals surface area contributed by atoms with E-state index in [1.165, 1.54) is 0 Å². The molecule has 1 aliphatic rings. The number of carbonyl (C=O) groups excluding carboxylic acids is 2. The number of likely N-dealkylation sites (tertiary alicyclic amines) is 1. The first-order valence-electron chi connectivity index (χ1n) is 10.1. The van der Waals surface area contributed by atoms with Gasteiger partial charge in [0.15, 0.2) is 0 Å². The molecule has 0 spiro atoms. The second kappa shape index (κ2) is 10.2. The van der Waals surface area contributed by atoms with Crippen molar-refractivity contribution in [3.63, 3.8) is 0 Å². The fraction of sp³-hybridized carbons (Fsp3) is 0.391. The molecule has 2 aromatic rings. The van der Waals surface area contributed by atoms with Crippen molar-refractivity contribution in [2.24, 2.45) is 11.8 Å². The van der Waals surface area contributed by atoms with Crippen molar-refractivity contribution in [2.45, 2.75) is 36.5 Å². The second-order valence-corrected chi connectivity index (χ2v) is 9.19. The number of benzene rings is 2. The van der Waals surface area contributed by atoms with Crippen molar-refractivity contribution in [2.75, 3.05) is 25.5 Å². The summed E-state index contributed by atoms with van der Waals surface area (Å²) in [7, 11) is 1.64. The van der Waals surface area contributed by atoms with Crippen LogP contribution in [0.4, 0.5) is 5.69 Å². The van der Waals surface area contributed by atoms with Crippen LogP contribution in [0.2, 0.25) is 5.02 Å². The van der Waals surface area contributed by atoms with Crippen LogP contribution in [0, 0.1) is 11.8 Å². The summed E-state index contributed by atoms with van der Waals surface area (Å²) in [6, 6.07) is 13.3. The highest BCUT2D eigenvalue weighted by molar-refractivity contribution is 7.99. The fourth-order valence-corrected chi connectivity index (χ4v) is 4.52. The molecule has 160 valence electrons. The Morgan fingerprint density at radius 2 is 1.80 bits per heavy atom. The number of ether oxygens (including phenoxy) is 1. The summed E-state index contributed by atoms with van der Waals surface area (Å²) in [5.74, 6) is 0.854. The number of hydrogen-bond acceptors (Lipinski definition) is 4. The lowest BCUT2D eigenvalue weighted by Gasteiger charge is -2.32. The van der Waals surface area contributed by atoms with Gasteiger partial charge >= 0.3 is 0 Å². The van der Waals surface area contributed by atoms with Gasteiger partial charge in [-0.25, -0.2) is 0 Å². The minimum absolute atomic E-state index is 0.00758. The van der Waals surface area contributed by atoms with Crippen molar-refractivity contribution in [1.82, 2.24) is 4.90 Å². The van der Waals surface area contributed by atoms with E-state index in [9.17, 15) is 9.59 Å². The number of piperidine rings is 1. The predicted octanol–water partition coefficient (Wildman–Crippen LogP) is 5.33. The van der Waals surface area contributed by atoms with E-state index in [0.29, 0.717) is 36.6 Å². The molecule has 0 aliphatic carbocycles. The van der Waals surface area contributed by atoms with Crippen molar-refractivity contribution in [3.8, 4) is 5.75 Å². The number of amides is 2. The minimum atomic E-state index is -0.0895. The van der Waals surface area contributed by atoms with Gasteiger partial charge in [0.2, 0.25) is 11.8 Å². The zero-order chi connectivity index (χ0) is 21.7. The molecule has 0 bridgehead atoms. The summed E-state index contributed by atoms with van der Waals surface area (Å²) < 4.78 is 5.18. The van der Waals surface area contributed by atoms with Crippen LogP contribution < -0.4 is 10.1 Å². The lowest BCUT2D eigenvalue weighted by atomic mass is 9.95. The molecule has 1 N–H and O–H groups in total. The van der Waals surface area contributed by atoms with Crippen LogP contribution in [-0.4, -0.2) is 36.9 Å². The summed E-state index contributed by atoms with van der Waals surface area (Å²) in [6.07, 6.45) is 1.37. The highest BCUT2D eigenvalue weighted by Crippen LogP contribution is 2.35. The molecule has 1 heterocycles. The van der Waals surface area contributed by atoms with Crippen LogP contribution in [-0.2, 0) is 9.59 Å². The molecular weight excluding hydrogens is 420 g/mol. The van der Waals surface area contributed by atoms with Gasteiger partial charge in [0.1, 0.15) is 5.75 Å². The van der Waals surface area contributed by atoms with Crippen molar-refractivity contribution in [3.05, 3.63) is 47.5 Å². The Hall–Kier alpha value is -2.18. The Morgan fingerprint density at radius 1 is 1.13 bits per heavy atom. The smallest absolute Gasteiger partial charge is 0.227 e. The number of nitrogens with zero attached hydrogens (tertiary/aromatic N) is 1. The van der Waals surface area contributed by atoms with Gasteiger partial charge in [0, 0.05) is 40.4 Å². The van der Waals surface area contributed by atoms with Crippen LogP contribution in [0.15, 0.2) is 52.3 Å². The zero-order valence-electron chi connectivity index (χ0n) is 17.5. The van der Waals surface area contributed by atoms with E-state index >= 15 is 0 Å². The Bertz CT molecular complexity index is 894. The quantitative estimate of drug-likeness (QED) is 0.651. The largest absolute Gasteiger partial charge is 0.497 e. The Kier molecular flexibility index (Phi) is 7.67. The van der Waals surface area contributed by atoms with Crippen molar-refractivity contribution < 1.29 is 14.3 Å². The molecule has 1 fully saturated rings. The van der Waals surface area contributed by atoms with Gasteiger partial charge in [-0.3, -0.25) is 9.59 Å². The maximum Gasteiger partial charge on any atom is 0.227 e. The first-order chi connectivity index (χ1) is 14.4. The van der Waals surface area contributed by atoms with Gasteiger partial charge in [-0.05, 0) is 55.3 Å². The lowest BCUT2D eigenvalue weighted by molar-refractivity contribution is -0.137. The molecular formula is C23H27ClN2O3S. The van der Waals surface area contributed by atoms with E-state index in [-0.39, 0.29) is 23.7 Å². The zero-order valence-corrected chi connectivity index (χ0v) is 19.1. The molecule has 30 heavy (non-hydrogen) atoms. The standard InChI is InChI=1S/C23H27ClN2O3S/c1-15(2)23(28)26-12-10-16(11-13-26)22(27)25-17-4-9-21(20(24)14-17)30-19-7-5-18(29-3)6-8-19/h4-9,14-16H,10-13H2,1-3H3,(H,25,27). The lowest BCUT2D eigenvalue weighted by Crippen LogP contribution is -2.43. The second-order valence-electron chi connectivity index (χ2n) is 7.67. The normalized spacial score (nSPS) is 14.6. The monoisotopic (exact) mass is 446 g/mol. The Labute approximate surface area is 187 Å². The van der Waals surface area contributed by atoms with Crippen LogP contribution in [0.1, 0.15) is 26.7 Å². The van der Waals surface area contributed by atoms with E-state index < -0.39 is 0 Å². The minimum Gasteiger partial charge on any atom is -0.497 e. The van der Waals surface area contributed by atoms with Gasteiger partial charge in [-0.2, -0.15) is 0 Å². The fourth-order valence-electron chi connectivity index (χ4n) is 3.40. The van der Waals surface area contributed by atoms with Gasteiger partial charge in [0.05, 0.1) is 12.1 Å². The summed E-state index contributed by atoms with van der Waals surface area (Å²) in [5, 5.41) is 3.56. The van der Waals surface area contributed by atoms with E-state index in [0.717, 1.165) is 15.5 Å². The molecule has 0 radical (unpaired) electrons. The van der Waals surface area contributed by atoms with Crippen LogP contribution in [0.5, 0.6) is 5.75 Å². The average molecular weight is 447 g/mol. The number of methoxy groups -OCH3 is 1. The molecule has 0 unspecified atom stereocenters. The Balaban J connectivity index is 1.56. The van der Waals surface area contributed by atoms with E-state index in [2.05, 4.69) is 5.32 Å². The van der Waals surface area contributed by atoms with Crippen LogP contribution in [0.25, 0.3) is 0 Å². The van der Waals surface area contributed by atoms with Gasteiger partial charge in [-0.15, -0.1) is 0 Å². The summed E-state index contributed by atoms with van der Waals surface area (Å²) in [6.45, 7) is 5.07. The molecule has 2 aromatic carbocycles. The number of carbonyl (C=O) groups is 2. The Morgan fingerprint density at radius 3 is 2.37 bits per heavy atom. The molecule has 1 aliphatic heterocycles. The van der Waals surface area contributed by atoms with Crippen LogP contribution >= 0.6 is 23.4 Å². The summed E-state index contributed by atoms with van der Waals surface area (Å²) in [4.78, 5) is 28.6. The highest BCUT2D eigenvalue weighted by Gasteiger charge is 2.28. The molecule has 0 atom stereocenters. The molecule has 7 heteroatoms. The van der Waals surface area contributed by atoms with E-state index in [4.69, 9.17) is 16.3 Å². The number of rotatable bonds is 6. The third kappa shape index (κ3) is 5.70. The molecule has 3 rings (SSSR count). The number of halogens is 1. The van der Waals surface area contributed by atoms with Crippen molar-refractivity contribution >= 4 is 40.9 Å². The maximum absolute atomic E-state index is 12.7. The molecule has 0 saturated carbocycles. The maximum atomic E-state index is 12.7. The summed E-state index contributed by atoms with van der Waals surface area (Å²) in [5.41, 5.74) is 0.685. The molecule has 1 saturated heterocycles. The van der Waals surface area contributed by atoms with E-state index in [1.807, 2.05) is 55.1 Å². The van der Waals surface area contributed by atoms with Crippen LogP contribution in [0.3, 0.4) is 0 Å². The molecule has 5 nitrogen and oxygen atoms in total. The van der Waals surface area contributed by atoms with Gasteiger partial charge in [-0.1, -0.05) is 37.2 Å². The molecule has 0 aromatic heterocycles. The highest BCUT2D eigenvalue weighted by atomic mass is 35.5. The van der Waals surface area contributed by atoms with Gasteiger partial charge in [0.25, 0.3) is 0 Å². The first-order valence-corrected chi connectivity index (χ1v) is 11.3. The topological polar surface area (TPSA) is 58.6 Å². The third-order valence-corrected chi connectivity index (χ3v) is 6.67. The predicted molar refractivity (Wildman–Crippen MR) is 121 cm³/mol. The molecule has 2 amide bonds. The number of hydrogen-bond donors (Lipinski definition) is 1. The third-order valence-electron chi connectivity index (χ3n) is 5.16. The SMILES string of the molecule is COc1ccc(Sc2ccc(NC(=O)C3CCN(C(=O)C(C)C)CC3)cc2Cl)cc1.